The van der Waals surface area contributed by atoms with E-state index in [-0.39, 0.29) is 24.9 Å². The summed E-state index contributed by atoms with van der Waals surface area (Å²) in [6.07, 6.45) is 7.87. The molecule has 1 aliphatic carbocycles. The van der Waals surface area contributed by atoms with E-state index in [1.54, 1.807) is 35.8 Å². The molecule has 44 heavy (non-hydrogen) atoms. The molecule has 0 aromatic carbocycles. The number of nitrogens with zero attached hydrogens (tertiary/aromatic N) is 6. The van der Waals surface area contributed by atoms with Gasteiger partial charge in [-0.25, -0.2) is 9.78 Å². The largest absolute Gasteiger partial charge is 0.461 e. The predicted molar refractivity (Wildman–Crippen MR) is 160 cm³/mol. The zero-order valence-electron chi connectivity index (χ0n) is 25.2. The van der Waals surface area contributed by atoms with Gasteiger partial charge in [0.2, 0.25) is 0 Å². The van der Waals surface area contributed by atoms with Crippen molar-refractivity contribution in [2.45, 2.75) is 43.6 Å². The number of fused-ring (bicyclic) bond motifs is 3. The molecule has 1 saturated carbocycles. The van der Waals surface area contributed by atoms with Crippen LogP contribution in [0.5, 0.6) is 0 Å². The lowest BCUT2D eigenvalue weighted by Crippen LogP contribution is -2.47. The SMILES string of the molecule is COCCOC(=O)C1(OCCOC)CCC(c2nc3c(-c4ccc(-c5ccn(C)n5)nc4)cnn3c3c2C(=O)CCN3)CC1. The lowest BCUT2D eigenvalue weighted by atomic mass is 9.76. The molecule has 4 aromatic rings. The summed E-state index contributed by atoms with van der Waals surface area (Å²) in [5, 5.41) is 12.5. The smallest absolute Gasteiger partial charge is 0.338 e. The number of carbonyl (C=O) groups excluding carboxylic acids is 2. The fraction of sp³-hybridized carbons (Fsp3) is 0.484. The monoisotopic (exact) mass is 603 g/mol. The molecular weight excluding hydrogens is 566 g/mol. The number of rotatable bonds is 11. The first-order chi connectivity index (χ1) is 21.4. The Morgan fingerprint density at radius 2 is 1.84 bits per heavy atom. The minimum Gasteiger partial charge on any atom is -0.461 e. The fourth-order valence-electron chi connectivity index (χ4n) is 6.06. The van der Waals surface area contributed by atoms with Gasteiger partial charge in [0.05, 0.1) is 43.0 Å². The van der Waals surface area contributed by atoms with Crippen LogP contribution in [0.2, 0.25) is 0 Å². The predicted octanol–water partition coefficient (Wildman–Crippen LogP) is 3.44. The standard InChI is InChI=1S/C31H37N7O6/c1-37-13-9-24(36-37)23-5-4-21(18-33-23)22-19-34-38-28(22)35-27(26-25(39)8-12-32-29(26)38)20-6-10-31(11-7-20,44-17-15-42-3)30(40)43-16-14-41-2/h4-5,9,13,18-20,32H,6-8,10-12,14-17H2,1-3H3. The zero-order valence-corrected chi connectivity index (χ0v) is 25.2. The molecule has 1 fully saturated rings. The second kappa shape index (κ2) is 12.8. The minimum absolute atomic E-state index is 0.0359. The van der Waals surface area contributed by atoms with Crippen LogP contribution in [0.15, 0.2) is 36.8 Å². The van der Waals surface area contributed by atoms with Gasteiger partial charge in [-0.3, -0.25) is 14.5 Å². The van der Waals surface area contributed by atoms with Crippen molar-refractivity contribution in [3.8, 4) is 22.5 Å². The third-order valence-corrected chi connectivity index (χ3v) is 8.39. The maximum atomic E-state index is 13.3. The average molecular weight is 604 g/mol. The second-order valence-corrected chi connectivity index (χ2v) is 11.2. The van der Waals surface area contributed by atoms with Crippen LogP contribution in [-0.2, 0) is 30.8 Å². The lowest BCUT2D eigenvalue weighted by molar-refractivity contribution is -0.180. The molecule has 0 bridgehead atoms. The molecule has 0 atom stereocenters. The lowest BCUT2D eigenvalue weighted by Gasteiger charge is -2.38. The number of Topliss-reactive ketones (excluding diaryl/α,β-unsaturated/α-hetero) is 1. The Labute approximate surface area is 254 Å². The van der Waals surface area contributed by atoms with Crippen molar-refractivity contribution < 1.29 is 28.5 Å². The summed E-state index contributed by atoms with van der Waals surface area (Å²) in [7, 11) is 5.02. The highest BCUT2D eigenvalue weighted by molar-refractivity contribution is 6.04. The van der Waals surface area contributed by atoms with Gasteiger partial charge in [0.15, 0.2) is 17.0 Å². The van der Waals surface area contributed by atoms with Crippen LogP contribution in [0.1, 0.15) is 54.1 Å². The van der Waals surface area contributed by atoms with Crippen molar-refractivity contribution >= 4 is 23.2 Å². The number of ketones is 1. The number of nitrogens with one attached hydrogen (secondary N) is 1. The van der Waals surface area contributed by atoms with Crippen LogP contribution in [0.3, 0.4) is 0 Å². The second-order valence-electron chi connectivity index (χ2n) is 11.2. The number of esters is 1. The van der Waals surface area contributed by atoms with Crippen molar-refractivity contribution in [3.05, 3.63) is 48.0 Å². The first-order valence-electron chi connectivity index (χ1n) is 14.9. The van der Waals surface area contributed by atoms with Crippen molar-refractivity contribution in [1.82, 2.24) is 29.4 Å². The van der Waals surface area contributed by atoms with Gasteiger partial charge in [0.1, 0.15) is 18.1 Å². The van der Waals surface area contributed by atoms with E-state index in [1.807, 2.05) is 31.4 Å². The molecule has 5 heterocycles. The Hall–Kier alpha value is -4.20. The van der Waals surface area contributed by atoms with Gasteiger partial charge in [-0.05, 0) is 37.8 Å². The first kappa shape index (κ1) is 29.9. The zero-order chi connectivity index (χ0) is 30.7. The Morgan fingerprint density at radius 3 is 2.55 bits per heavy atom. The molecule has 1 N–H and O–H groups in total. The summed E-state index contributed by atoms with van der Waals surface area (Å²) in [5.74, 6) is 0.231. The van der Waals surface area contributed by atoms with Gasteiger partial charge < -0.3 is 24.3 Å². The van der Waals surface area contributed by atoms with Crippen molar-refractivity contribution in [1.29, 1.82) is 0 Å². The van der Waals surface area contributed by atoms with Crippen LogP contribution in [-0.4, -0.2) is 93.9 Å². The molecule has 2 aliphatic rings. The van der Waals surface area contributed by atoms with E-state index in [0.717, 1.165) is 28.2 Å². The fourth-order valence-corrected chi connectivity index (χ4v) is 6.06. The van der Waals surface area contributed by atoms with Crippen LogP contribution in [0.25, 0.3) is 28.2 Å². The van der Waals surface area contributed by atoms with Crippen LogP contribution >= 0.6 is 0 Å². The van der Waals surface area contributed by atoms with E-state index < -0.39 is 11.6 Å². The Bertz CT molecular complexity index is 1640. The molecule has 0 radical (unpaired) electrons. The van der Waals surface area contributed by atoms with E-state index >= 15 is 0 Å². The molecule has 13 nitrogen and oxygen atoms in total. The van der Waals surface area contributed by atoms with Gasteiger partial charge in [-0.2, -0.15) is 14.7 Å². The van der Waals surface area contributed by atoms with E-state index in [4.69, 9.17) is 23.9 Å². The topological polar surface area (TPSA) is 144 Å². The quantitative estimate of drug-likeness (QED) is 0.199. The summed E-state index contributed by atoms with van der Waals surface area (Å²) >= 11 is 0. The van der Waals surface area contributed by atoms with Gasteiger partial charge in [-0.1, -0.05) is 6.07 Å². The highest BCUT2D eigenvalue weighted by Crippen LogP contribution is 2.43. The summed E-state index contributed by atoms with van der Waals surface area (Å²) in [6, 6.07) is 5.83. The summed E-state index contributed by atoms with van der Waals surface area (Å²) in [6.45, 7) is 1.62. The van der Waals surface area contributed by atoms with E-state index in [0.29, 0.717) is 68.9 Å². The molecule has 4 aromatic heterocycles. The molecule has 232 valence electrons. The number of methoxy groups -OCH3 is 2. The number of anilines is 1. The van der Waals surface area contributed by atoms with Crippen LogP contribution < -0.4 is 5.32 Å². The number of aromatic nitrogens is 6. The molecule has 13 heteroatoms. The number of aryl methyl sites for hydroxylation is 1. The minimum atomic E-state index is -1.09. The van der Waals surface area contributed by atoms with Gasteiger partial charge >= 0.3 is 5.97 Å². The maximum Gasteiger partial charge on any atom is 0.338 e. The molecule has 0 unspecified atom stereocenters. The molecule has 6 rings (SSSR count). The highest BCUT2D eigenvalue weighted by atomic mass is 16.6. The molecule has 1 aliphatic heterocycles. The van der Waals surface area contributed by atoms with Crippen molar-refractivity contribution in [3.63, 3.8) is 0 Å². The van der Waals surface area contributed by atoms with E-state index in [9.17, 15) is 9.59 Å². The third kappa shape index (κ3) is 5.70. The summed E-state index contributed by atoms with van der Waals surface area (Å²) < 4.78 is 25.3. The summed E-state index contributed by atoms with van der Waals surface area (Å²) in [4.78, 5) is 36.3. The molecule has 0 saturated heterocycles. The number of hydrogen-bond donors (Lipinski definition) is 1. The first-order valence-corrected chi connectivity index (χ1v) is 14.9. The van der Waals surface area contributed by atoms with Gasteiger partial charge in [0, 0.05) is 63.7 Å². The number of carbonyl (C=O) groups is 2. The number of ether oxygens (including phenoxy) is 4. The molecule has 0 spiro atoms. The highest BCUT2D eigenvalue weighted by Gasteiger charge is 2.46. The van der Waals surface area contributed by atoms with Gasteiger partial charge in [0.25, 0.3) is 0 Å². The van der Waals surface area contributed by atoms with Crippen molar-refractivity contribution in [2.75, 3.05) is 52.5 Å². The third-order valence-electron chi connectivity index (χ3n) is 8.39. The number of pyridine rings is 1. The van der Waals surface area contributed by atoms with E-state index in [1.165, 1.54) is 0 Å². The van der Waals surface area contributed by atoms with Gasteiger partial charge in [-0.15, -0.1) is 0 Å². The Balaban J connectivity index is 1.32. The summed E-state index contributed by atoms with van der Waals surface area (Å²) in [5.41, 5.74) is 4.07. The van der Waals surface area contributed by atoms with Crippen LogP contribution in [0, 0.1) is 0 Å². The Morgan fingerprint density at radius 1 is 1.05 bits per heavy atom. The van der Waals surface area contributed by atoms with Crippen molar-refractivity contribution in [2.24, 2.45) is 7.05 Å². The van der Waals surface area contributed by atoms with E-state index in [2.05, 4.69) is 20.5 Å². The Kier molecular flexibility index (Phi) is 8.69. The van der Waals surface area contributed by atoms with Crippen LogP contribution in [0.4, 0.5) is 5.82 Å². The normalized spacial score (nSPS) is 20.0. The number of hydrogen-bond acceptors (Lipinski definition) is 11. The molecule has 0 amide bonds. The maximum absolute atomic E-state index is 13.3. The average Bonchev–Trinajstić information content (AvgIpc) is 3.68. The molecular formula is C31H37N7O6.